The molecule has 4 heteroatoms. The fourth-order valence-corrected chi connectivity index (χ4v) is 2.94. The summed E-state index contributed by atoms with van der Waals surface area (Å²) in [6.45, 7) is 8.84. The summed E-state index contributed by atoms with van der Waals surface area (Å²) in [7, 11) is 0. The van der Waals surface area contributed by atoms with Crippen molar-refractivity contribution < 1.29 is 9.47 Å². The third-order valence-electron chi connectivity index (χ3n) is 4.20. The minimum atomic E-state index is -0.256. The van der Waals surface area contributed by atoms with Crippen molar-refractivity contribution in [3.63, 3.8) is 0 Å². The molecule has 0 aromatic rings. The summed E-state index contributed by atoms with van der Waals surface area (Å²) in [6.07, 6.45) is 10.4. The molecule has 2 aliphatic rings. The lowest BCUT2D eigenvalue weighted by Crippen LogP contribution is -2.37. The second kappa shape index (κ2) is 8.20. The van der Waals surface area contributed by atoms with E-state index in [9.17, 15) is 0 Å². The standard InChI is InChI=1S/C17H28N2O2/c1-3-4-5-6-7-8-9-10-17(2,15-18-11-13-20-15)16-19-12-14-21-16/h3H,1,4-14H2,2H3. The van der Waals surface area contributed by atoms with Crippen LogP contribution in [0.1, 0.15) is 51.9 Å². The van der Waals surface area contributed by atoms with Gasteiger partial charge in [0, 0.05) is 0 Å². The van der Waals surface area contributed by atoms with Crippen LogP contribution < -0.4 is 0 Å². The van der Waals surface area contributed by atoms with E-state index in [0.717, 1.165) is 44.1 Å². The summed E-state index contributed by atoms with van der Waals surface area (Å²) in [5.41, 5.74) is -0.256. The number of ether oxygens (including phenoxy) is 2. The highest BCUT2D eigenvalue weighted by Crippen LogP contribution is 2.33. The molecule has 2 heterocycles. The van der Waals surface area contributed by atoms with Crippen molar-refractivity contribution in [3.8, 4) is 0 Å². The number of unbranched alkanes of at least 4 members (excludes halogenated alkanes) is 5. The lowest BCUT2D eigenvalue weighted by molar-refractivity contribution is 0.265. The van der Waals surface area contributed by atoms with Crippen molar-refractivity contribution in [2.45, 2.75) is 51.9 Å². The van der Waals surface area contributed by atoms with Crippen molar-refractivity contribution in [3.05, 3.63) is 12.7 Å². The molecule has 0 unspecified atom stereocenters. The van der Waals surface area contributed by atoms with E-state index in [2.05, 4.69) is 23.5 Å². The predicted octanol–water partition coefficient (Wildman–Crippen LogP) is 3.77. The zero-order valence-electron chi connectivity index (χ0n) is 13.3. The van der Waals surface area contributed by atoms with Crippen LogP contribution in [0.3, 0.4) is 0 Å². The Balaban J connectivity index is 1.81. The molecule has 0 saturated heterocycles. The zero-order chi connectivity index (χ0) is 15.0. The molecular formula is C17H28N2O2. The summed E-state index contributed by atoms with van der Waals surface area (Å²) in [6, 6.07) is 0. The SMILES string of the molecule is C=CCCCCCCCC(C)(C1=NCCO1)C1=NCCO1. The van der Waals surface area contributed by atoms with Crippen LogP contribution in [-0.2, 0) is 9.47 Å². The van der Waals surface area contributed by atoms with Gasteiger partial charge in [-0.1, -0.05) is 31.8 Å². The third-order valence-corrected chi connectivity index (χ3v) is 4.20. The molecule has 0 aromatic carbocycles. The van der Waals surface area contributed by atoms with Crippen molar-refractivity contribution >= 4 is 11.8 Å². The number of rotatable bonds is 10. The summed E-state index contributed by atoms with van der Waals surface area (Å²) in [4.78, 5) is 9.03. The van der Waals surface area contributed by atoms with E-state index in [-0.39, 0.29) is 5.41 Å². The predicted molar refractivity (Wildman–Crippen MR) is 87.1 cm³/mol. The second-order valence-corrected chi connectivity index (χ2v) is 6.00. The Labute approximate surface area is 128 Å². The van der Waals surface area contributed by atoms with Crippen LogP contribution in [0.5, 0.6) is 0 Å². The Kier molecular flexibility index (Phi) is 6.27. The average Bonchev–Trinajstić information content (AvgIpc) is 3.19. The number of allylic oxidation sites excluding steroid dienone is 1. The molecule has 0 aromatic heterocycles. The van der Waals surface area contributed by atoms with Gasteiger partial charge in [0.2, 0.25) is 0 Å². The Hall–Kier alpha value is -1.32. The van der Waals surface area contributed by atoms with Gasteiger partial charge in [-0.2, -0.15) is 0 Å². The molecule has 0 fully saturated rings. The number of hydrogen-bond acceptors (Lipinski definition) is 4. The molecule has 0 aliphatic carbocycles. The van der Waals surface area contributed by atoms with Crippen LogP contribution in [-0.4, -0.2) is 38.1 Å². The van der Waals surface area contributed by atoms with Gasteiger partial charge in [0.15, 0.2) is 11.8 Å². The summed E-state index contributed by atoms with van der Waals surface area (Å²) in [5, 5.41) is 0. The van der Waals surface area contributed by atoms with Crippen LogP contribution in [0.2, 0.25) is 0 Å². The molecule has 2 aliphatic heterocycles. The molecule has 0 N–H and O–H groups in total. The largest absolute Gasteiger partial charge is 0.478 e. The van der Waals surface area contributed by atoms with Crippen LogP contribution in [0.25, 0.3) is 0 Å². The monoisotopic (exact) mass is 292 g/mol. The molecule has 0 spiro atoms. The topological polar surface area (TPSA) is 43.2 Å². The summed E-state index contributed by atoms with van der Waals surface area (Å²) in [5.74, 6) is 1.66. The van der Waals surface area contributed by atoms with Crippen molar-refractivity contribution in [2.24, 2.45) is 15.4 Å². The first kappa shape index (κ1) is 16.1. The molecular weight excluding hydrogens is 264 g/mol. The fraction of sp³-hybridized carbons (Fsp3) is 0.765. The highest BCUT2D eigenvalue weighted by molar-refractivity contribution is 6.05. The number of nitrogens with zero attached hydrogens (tertiary/aromatic N) is 2. The van der Waals surface area contributed by atoms with Gasteiger partial charge in [0.1, 0.15) is 18.6 Å². The average molecular weight is 292 g/mol. The minimum Gasteiger partial charge on any atom is -0.478 e. The van der Waals surface area contributed by atoms with Gasteiger partial charge in [-0.3, -0.25) is 9.98 Å². The first-order valence-electron chi connectivity index (χ1n) is 8.24. The lowest BCUT2D eigenvalue weighted by Gasteiger charge is -2.28. The molecule has 0 saturated carbocycles. The molecule has 0 amide bonds. The lowest BCUT2D eigenvalue weighted by atomic mass is 9.83. The fourth-order valence-electron chi connectivity index (χ4n) is 2.94. The Morgan fingerprint density at radius 2 is 1.57 bits per heavy atom. The maximum atomic E-state index is 5.72. The van der Waals surface area contributed by atoms with Crippen LogP contribution in [0, 0.1) is 5.41 Å². The normalized spacial score (nSPS) is 18.0. The first-order chi connectivity index (χ1) is 10.3. The zero-order valence-corrected chi connectivity index (χ0v) is 13.3. The van der Waals surface area contributed by atoms with Gasteiger partial charge in [-0.05, 0) is 26.2 Å². The maximum absolute atomic E-state index is 5.72. The van der Waals surface area contributed by atoms with Crippen molar-refractivity contribution in [1.29, 1.82) is 0 Å². The summed E-state index contributed by atoms with van der Waals surface area (Å²) < 4.78 is 11.4. The van der Waals surface area contributed by atoms with Crippen LogP contribution >= 0.6 is 0 Å². The Morgan fingerprint density at radius 3 is 2.10 bits per heavy atom. The van der Waals surface area contributed by atoms with Gasteiger partial charge in [0.05, 0.1) is 13.1 Å². The number of hydrogen-bond donors (Lipinski definition) is 0. The molecule has 4 nitrogen and oxygen atoms in total. The molecule has 118 valence electrons. The van der Waals surface area contributed by atoms with Gasteiger partial charge in [-0.15, -0.1) is 6.58 Å². The van der Waals surface area contributed by atoms with Gasteiger partial charge in [-0.25, -0.2) is 0 Å². The van der Waals surface area contributed by atoms with E-state index in [1.807, 2.05) is 6.08 Å². The molecule has 0 radical (unpaired) electrons. The van der Waals surface area contributed by atoms with Gasteiger partial charge >= 0.3 is 0 Å². The summed E-state index contributed by atoms with van der Waals surface area (Å²) >= 11 is 0. The van der Waals surface area contributed by atoms with Crippen LogP contribution in [0.15, 0.2) is 22.6 Å². The van der Waals surface area contributed by atoms with Gasteiger partial charge in [0.25, 0.3) is 0 Å². The smallest absolute Gasteiger partial charge is 0.199 e. The maximum Gasteiger partial charge on any atom is 0.199 e. The third kappa shape index (κ3) is 4.32. The van der Waals surface area contributed by atoms with Gasteiger partial charge < -0.3 is 9.47 Å². The molecule has 21 heavy (non-hydrogen) atoms. The van der Waals surface area contributed by atoms with E-state index >= 15 is 0 Å². The van der Waals surface area contributed by atoms with E-state index in [4.69, 9.17) is 9.47 Å². The molecule has 2 rings (SSSR count). The first-order valence-corrected chi connectivity index (χ1v) is 8.24. The highest BCUT2D eigenvalue weighted by Gasteiger charge is 2.41. The van der Waals surface area contributed by atoms with E-state index in [0.29, 0.717) is 13.2 Å². The van der Waals surface area contributed by atoms with Crippen molar-refractivity contribution in [1.82, 2.24) is 0 Å². The van der Waals surface area contributed by atoms with E-state index in [1.54, 1.807) is 0 Å². The highest BCUT2D eigenvalue weighted by atomic mass is 16.5. The van der Waals surface area contributed by atoms with E-state index in [1.165, 1.54) is 25.7 Å². The quantitative estimate of drug-likeness (QED) is 0.454. The van der Waals surface area contributed by atoms with Crippen molar-refractivity contribution in [2.75, 3.05) is 26.3 Å². The van der Waals surface area contributed by atoms with E-state index < -0.39 is 0 Å². The molecule has 0 atom stereocenters. The molecule has 0 bridgehead atoms. The minimum absolute atomic E-state index is 0.256. The second-order valence-electron chi connectivity index (χ2n) is 6.00. The number of aliphatic imine (C=N–C) groups is 2. The Bertz CT molecular complexity index is 378. The Morgan fingerprint density at radius 1 is 1.00 bits per heavy atom. The van der Waals surface area contributed by atoms with Crippen LogP contribution in [0.4, 0.5) is 0 Å².